The van der Waals surface area contributed by atoms with Gasteiger partial charge in [0.05, 0.1) is 26.5 Å². The van der Waals surface area contributed by atoms with Crippen molar-refractivity contribution < 1.29 is 9.47 Å². The molecule has 1 unspecified atom stereocenters. The molecule has 0 amide bonds. The summed E-state index contributed by atoms with van der Waals surface area (Å²) in [6.45, 7) is 5.06. The number of nitrogens with two attached hydrogens (primary N) is 1. The smallest absolute Gasteiger partial charge is 0.193 e. The van der Waals surface area contributed by atoms with Crippen LogP contribution in [-0.4, -0.2) is 37.7 Å². The number of guanidine groups is 1. The van der Waals surface area contributed by atoms with Crippen molar-refractivity contribution in [3.8, 4) is 11.5 Å². The zero-order valence-corrected chi connectivity index (χ0v) is 20.4. The van der Waals surface area contributed by atoms with Crippen molar-refractivity contribution in [3.05, 3.63) is 53.6 Å². The van der Waals surface area contributed by atoms with E-state index in [1.54, 1.807) is 14.2 Å². The Kier molecular flexibility index (Phi) is 9.71. The molecule has 0 aliphatic carbocycles. The lowest BCUT2D eigenvalue weighted by Gasteiger charge is -2.33. The lowest BCUT2D eigenvalue weighted by molar-refractivity contribution is 0.152. The number of aliphatic imine (C=N–C) groups is 1. The van der Waals surface area contributed by atoms with Gasteiger partial charge in [-0.2, -0.15) is 0 Å². The molecule has 1 aliphatic rings. The fourth-order valence-electron chi connectivity index (χ4n) is 3.64. The molecule has 0 radical (unpaired) electrons. The summed E-state index contributed by atoms with van der Waals surface area (Å²) in [5.74, 6) is 1.74. The molecule has 1 saturated heterocycles. The standard InChI is InChI=1S/C23H32N4O2.HI/c1-17-6-4-5-13-27(17)16-19-9-7-18(8-10-19)15-25-23(24)26-21-14-20(28-2)11-12-22(21)29-3;/h7-12,14,17H,4-6,13,15-16H2,1-3H3,(H3,24,25,26);1H. The molecule has 3 N–H and O–H groups in total. The first-order valence-corrected chi connectivity index (χ1v) is 10.2. The number of hydrogen-bond donors (Lipinski definition) is 2. The fourth-order valence-corrected chi connectivity index (χ4v) is 3.64. The van der Waals surface area contributed by atoms with E-state index in [0.717, 1.165) is 23.5 Å². The number of methoxy groups -OCH3 is 2. The van der Waals surface area contributed by atoms with E-state index in [9.17, 15) is 0 Å². The van der Waals surface area contributed by atoms with Gasteiger partial charge in [0.2, 0.25) is 0 Å². The van der Waals surface area contributed by atoms with Gasteiger partial charge < -0.3 is 20.5 Å². The second-order valence-electron chi connectivity index (χ2n) is 7.52. The summed E-state index contributed by atoms with van der Waals surface area (Å²) in [5, 5.41) is 3.09. The van der Waals surface area contributed by atoms with E-state index in [0.29, 0.717) is 24.3 Å². The molecule has 1 atom stereocenters. The molecule has 0 spiro atoms. The molecular weight excluding hydrogens is 491 g/mol. The Balaban J connectivity index is 0.00000320. The first-order valence-electron chi connectivity index (χ1n) is 10.2. The minimum atomic E-state index is 0. The van der Waals surface area contributed by atoms with Crippen molar-refractivity contribution in [1.82, 2.24) is 4.90 Å². The van der Waals surface area contributed by atoms with Crippen molar-refractivity contribution in [1.29, 1.82) is 0 Å². The lowest BCUT2D eigenvalue weighted by atomic mass is 10.0. The molecular formula is C23H33IN4O2. The number of halogens is 1. The Hall–Kier alpha value is -2.00. The maximum Gasteiger partial charge on any atom is 0.193 e. The molecule has 164 valence electrons. The largest absolute Gasteiger partial charge is 0.497 e. The number of ether oxygens (including phenoxy) is 2. The fraction of sp³-hybridized carbons (Fsp3) is 0.435. The summed E-state index contributed by atoms with van der Waals surface area (Å²) in [4.78, 5) is 7.02. The summed E-state index contributed by atoms with van der Waals surface area (Å²) in [7, 11) is 3.24. The lowest BCUT2D eigenvalue weighted by Crippen LogP contribution is -2.36. The number of hydrogen-bond acceptors (Lipinski definition) is 4. The highest BCUT2D eigenvalue weighted by Crippen LogP contribution is 2.28. The van der Waals surface area contributed by atoms with E-state index in [-0.39, 0.29) is 24.0 Å². The molecule has 7 heteroatoms. The third-order valence-corrected chi connectivity index (χ3v) is 5.45. The van der Waals surface area contributed by atoms with Crippen LogP contribution in [0.3, 0.4) is 0 Å². The number of benzene rings is 2. The van der Waals surface area contributed by atoms with Gasteiger partial charge >= 0.3 is 0 Å². The van der Waals surface area contributed by atoms with Crippen molar-refractivity contribution in [2.45, 2.75) is 45.3 Å². The van der Waals surface area contributed by atoms with Crippen molar-refractivity contribution in [2.24, 2.45) is 10.7 Å². The summed E-state index contributed by atoms with van der Waals surface area (Å²) >= 11 is 0. The van der Waals surface area contributed by atoms with Crippen LogP contribution >= 0.6 is 24.0 Å². The van der Waals surface area contributed by atoms with Crippen LogP contribution < -0.4 is 20.5 Å². The van der Waals surface area contributed by atoms with Crippen LogP contribution in [0.15, 0.2) is 47.5 Å². The molecule has 6 nitrogen and oxygen atoms in total. The zero-order chi connectivity index (χ0) is 20.6. The number of likely N-dealkylation sites (tertiary alicyclic amines) is 1. The van der Waals surface area contributed by atoms with Crippen molar-refractivity contribution in [2.75, 3.05) is 26.1 Å². The molecule has 0 aromatic heterocycles. The Morgan fingerprint density at radius 3 is 2.50 bits per heavy atom. The van der Waals surface area contributed by atoms with Crippen LogP contribution in [0.25, 0.3) is 0 Å². The van der Waals surface area contributed by atoms with Gasteiger partial charge in [-0.25, -0.2) is 4.99 Å². The average Bonchev–Trinajstić information content (AvgIpc) is 2.75. The normalized spacial score (nSPS) is 17.2. The molecule has 30 heavy (non-hydrogen) atoms. The molecule has 3 rings (SSSR count). The summed E-state index contributed by atoms with van der Waals surface area (Å²) in [6, 6.07) is 14.8. The topological polar surface area (TPSA) is 72.1 Å². The molecule has 0 saturated carbocycles. The number of anilines is 1. The number of nitrogens with zero attached hydrogens (tertiary/aromatic N) is 2. The van der Waals surface area contributed by atoms with Gasteiger partial charge in [-0.15, -0.1) is 24.0 Å². The monoisotopic (exact) mass is 524 g/mol. The van der Waals surface area contributed by atoms with E-state index in [1.807, 2.05) is 18.2 Å². The van der Waals surface area contributed by atoms with E-state index in [4.69, 9.17) is 15.2 Å². The minimum absolute atomic E-state index is 0. The van der Waals surface area contributed by atoms with E-state index >= 15 is 0 Å². The Labute approximate surface area is 196 Å². The van der Waals surface area contributed by atoms with Gasteiger partial charge in [-0.05, 0) is 49.6 Å². The quantitative estimate of drug-likeness (QED) is 0.314. The van der Waals surface area contributed by atoms with Crippen molar-refractivity contribution in [3.63, 3.8) is 0 Å². The zero-order valence-electron chi connectivity index (χ0n) is 18.1. The highest BCUT2D eigenvalue weighted by atomic mass is 127. The molecule has 2 aromatic carbocycles. The first kappa shape index (κ1) is 24.3. The number of rotatable bonds is 7. The van der Waals surface area contributed by atoms with Gasteiger partial charge in [0, 0.05) is 18.7 Å². The first-order chi connectivity index (χ1) is 14.1. The predicted octanol–water partition coefficient (Wildman–Crippen LogP) is 4.62. The van der Waals surface area contributed by atoms with Crippen molar-refractivity contribution >= 4 is 35.6 Å². The molecule has 0 bridgehead atoms. The van der Waals surface area contributed by atoms with Crippen LogP contribution in [0.4, 0.5) is 5.69 Å². The average molecular weight is 524 g/mol. The second-order valence-corrected chi connectivity index (χ2v) is 7.52. The Morgan fingerprint density at radius 2 is 1.83 bits per heavy atom. The summed E-state index contributed by atoms with van der Waals surface area (Å²) < 4.78 is 10.6. The Bertz CT molecular complexity index is 826. The molecule has 1 aliphatic heterocycles. The van der Waals surface area contributed by atoms with Crippen LogP contribution in [0.1, 0.15) is 37.3 Å². The number of piperidine rings is 1. The minimum Gasteiger partial charge on any atom is -0.497 e. The van der Waals surface area contributed by atoms with E-state index < -0.39 is 0 Å². The third-order valence-electron chi connectivity index (χ3n) is 5.45. The highest BCUT2D eigenvalue weighted by molar-refractivity contribution is 14.0. The summed E-state index contributed by atoms with van der Waals surface area (Å²) in [5.41, 5.74) is 9.27. The van der Waals surface area contributed by atoms with E-state index in [2.05, 4.69) is 46.4 Å². The van der Waals surface area contributed by atoms with Crippen LogP contribution in [0.5, 0.6) is 11.5 Å². The SMILES string of the molecule is COc1ccc(OC)c(NC(N)=NCc2ccc(CN3CCCCC3C)cc2)c1.I. The highest BCUT2D eigenvalue weighted by Gasteiger charge is 2.17. The van der Waals surface area contributed by atoms with Crippen LogP contribution in [0, 0.1) is 0 Å². The van der Waals surface area contributed by atoms with Gasteiger partial charge in [0.15, 0.2) is 5.96 Å². The van der Waals surface area contributed by atoms with Gasteiger partial charge in [0.1, 0.15) is 11.5 Å². The molecule has 1 heterocycles. The predicted molar refractivity (Wildman–Crippen MR) is 134 cm³/mol. The van der Waals surface area contributed by atoms with Gasteiger partial charge in [0.25, 0.3) is 0 Å². The molecule has 1 fully saturated rings. The second kappa shape index (κ2) is 12.0. The van der Waals surface area contributed by atoms with Crippen LogP contribution in [-0.2, 0) is 13.1 Å². The Morgan fingerprint density at radius 1 is 1.10 bits per heavy atom. The van der Waals surface area contributed by atoms with Gasteiger partial charge in [-0.3, -0.25) is 4.90 Å². The van der Waals surface area contributed by atoms with Gasteiger partial charge in [-0.1, -0.05) is 30.7 Å². The maximum atomic E-state index is 6.07. The summed E-state index contributed by atoms with van der Waals surface area (Å²) in [6.07, 6.45) is 3.96. The third kappa shape index (κ3) is 6.77. The maximum absolute atomic E-state index is 6.07. The van der Waals surface area contributed by atoms with E-state index in [1.165, 1.54) is 31.4 Å². The van der Waals surface area contributed by atoms with Crippen LogP contribution in [0.2, 0.25) is 0 Å². The number of nitrogens with one attached hydrogen (secondary N) is 1. The molecule has 2 aromatic rings.